The molecule has 1 aromatic heterocycles. The number of benzene rings is 3. The minimum absolute atomic E-state index is 0.0562. The van der Waals surface area contributed by atoms with Crippen LogP contribution in [0.15, 0.2) is 102 Å². The molecule has 3 heterocycles. The average Bonchev–Trinajstić information content (AvgIpc) is 3.12. The molecule has 0 saturated carbocycles. The van der Waals surface area contributed by atoms with Gasteiger partial charge in [0.2, 0.25) is 0 Å². The van der Waals surface area contributed by atoms with Crippen LogP contribution in [0.5, 0.6) is 11.5 Å². The number of ether oxygens (including phenoxy) is 1. The molecule has 6 rings (SSSR count). The molecule has 0 saturated heterocycles. The van der Waals surface area contributed by atoms with Crippen molar-refractivity contribution in [2.45, 2.75) is 32.9 Å². The summed E-state index contributed by atoms with van der Waals surface area (Å²) in [7, 11) is -3.91. The molecule has 2 aliphatic heterocycles. The Kier molecular flexibility index (Phi) is 7.40. The molecule has 0 aliphatic carbocycles. The van der Waals surface area contributed by atoms with Gasteiger partial charge in [-0.15, -0.1) is 0 Å². The van der Waals surface area contributed by atoms with Crippen molar-refractivity contribution in [3.8, 4) is 11.5 Å². The third-order valence-electron chi connectivity index (χ3n) is 7.54. The highest BCUT2D eigenvalue weighted by Crippen LogP contribution is 2.52. The van der Waals surface area contributed by atoms with E-state index in [2.05, 4.69) is 10.3 Å². The molecule has 43 heavy (non-hydrogen) atoms. The maximum absolute atomic E-state index is 14.3. The number of phenolic OH excluding ortho intramolecular Hbond substituents is 1. The van der Waals surface area contributed by atoms with Gasteiger partial charge in [0.05, 0.1) is 21.4 Å². The van der Waals surface area contributed by atoms with Gasteiger partial charge in [-0.2, -0.15) is 0 Å². The van der Waals surface area contributed by atoms with E-state index in [-0.39, 0.29) is 32.8 Å². The zero-order valence-electron chi connectivity index (χ0n) is 23.6. The summed E-state index contributed by atoms with van der Waals surface area (Å²) in [5.74, 6) is -0.346. The number of amides is 1. The van der Waals surface area contributed by atoms with Crippen LogP contribution in [-0.4, -0.2) is 30.2 Å². The van der Waals surface area contributed by atoms with Crippen molar-refractivity contribution in [1.29, 1.82) is 0 Å². The number of hydrogen-bond donors (Lipinski definition) is 2. The lowest BCUT2D eigenvalue weighted by Gasteiger charge is -2.37. The Morgan fingerprint density at radius 1 is 1.07 bits per heavy atom. The highest BCUT2D eigenvalue weighted by atomic mass is 35.5. The van der Waals surface area contributed by atoms with Crippen LogP contribution < -0.4 is 15.0 Å². The fourth-order valence-electron chi connectivity index (χ4n) is 5.78. The molecule has 1 amide bonds. The van der Waals surface area contributed by atoms with Crippen LogP contribution in [-0.2, 0) is 16.4 Å². The predicted molar refractivity (Wildman–Crippen MR) is 167 cm³/mol. The second-order valence-corrected chi connectivity index (χ2v) is 13.9. The minimum Gasteiger partial charge on any atom is -0.506 e. The highest BCUT2D eigenvalue weighted by molar-refractivity contribution is 7.95. The van der Waals surface area contributed by atoms with Crippen LogP contribution in [0.25, 0.3) is 0 Å². The van der Waals surface area contributed by atoms with Crippen molar-refractivity contribution in [2.75, 3.05) is 16.0 Å². The van der Waals surface area contributed by atoms with Crippen molar-refractivity contribution >= 4 is 38.7 Å². The van der Waals surface area contributed by atoms with Gasteiger partial charge in [0.25, 0.3) is 5.91 Å². The first-order valence-corrected chi connectivity index (χ1v) is 15.8. The first kappa shape index (κ1) is 28.8. The Balaban J connectivity index is 1.55. The molecule has 4 aromatic rings. The first-order valence-electron chi connectivity index (χ1n) is 13.8. The van der Waals surface area contributed by atoms with Crippen molar-refractivity contribution in [3.63, 3.8) is 0 Å². The summed E-state index contributed by atoms with van der Waals surface area (Å²) in [6.07, 6.45) is 1.88. The van der Waals surface area contributed by atoms with Gasteiger partial charge >= 0.3 is 0 Å². The number of carbonyl (C=O) groups is 1. The number of pyridine rings is 1. The molecular weight excluding hydrogens is 586 g/mol. The van der Waals surface area contributed by atoms with Crippen LogP contribution in [0.3, 0.4) is 0 Å². The van der Waals surface area contributed by atoms with Crippen molar-refractivity contribution in [3.05, 3.63) is 124 Å². The number of para-hydroxylation sites is 1. The first-order chi connectivity index (χ1) is 20.5. The van der Waals surface area contributed by atoms with E-state index in [9.17, 15) is 18.3 Å². The summed E-state index contributed by atoms with van der Waals surface area (Å²) in [4.78, 5) is 20.0. The molecule has 2 N–H and O–H groups in total. The number of allylic oxidation sites excluding steroid dienone is 1. The topological polar surface area (TPSA) is 109 Å². The van der Waals surface area contributed by atoms with Crippen molar-refractivity contribution in [2.24, 2.45) is 5.41 Å². The normalized spacial score (nSPS) is 18.6. The summed E-state index contributed by atoms with van der Waals surface area (Å²) in [5, 5.41) is 14.5. The maximum Gasteiger partial charge on any atom is 0.277 e. The van der Waals surface area contributed by atoms with Gasteiger partial charge in [0.15, 0.2) is 9.84 Å². The number of hydrogen-bond acceptors (Lipinski definition) is 7. The van der Waals surface area contributed by atoms with Gasteiger partial charge in [-0.25, -0.2) is 8.42 Å². The van der Waals surface area contributed by atoms with Gasteiger partial charge in [0.1, 0.15) is 35.5 Å². The number of halogens is 1. The zero-order valence-corrected chi connectivity index (χ0v) is 25.2. The SMILES string of the molecule is CC1(C)CC2=C(C(c3ccc(OCc4ccccc4)c(Cl)c3)N(C(=O)c3ccccn3)c3cccc(O)c3N2)S(=O)(=O)C1. The van der Waals surface area contributed by atoms with Crippen LogP contribution in [0, 0.1) is 5.41 Å². The molecule has 1 atom stereocenters. The van der Waals surface area contributed by atoms with Crippen LogP contribution in [0.1, 0.15) is 47.9 Å². The largest absolute Gasteiger partial charge is 0.506 e. The van der Waals surface area contributed by atoms with Gasteiger partial charge < -0.3 is 15.2 Å². The molecule has 0 radical (unpaired) electrons. The molecule has 8 nitrogen and oxygen atoms in total. The van der Waals surface area contributed by atoms with E-state index in [1.165, 1.54) is 17.2 Å². The average molecular weight is 616 g/mol. The molecule has 10 heteroatoms. The Hall–Kier alpha value is -4.34. The summed E-state index contributed by atoms with van der Waals surface area (Å²) in [5.41, 5.74) is 1.93. The number of phenols is 1. The van der Waals surface area contributed by atoms with E-state index in [0.29, 0.717) is 35.7 Å². The quantitative estimate of drug-likeness (QED) is 0.235. The number of aromatic hydroxyl groups is 1. The van der Waals surface area contributed by atoms with Crippen LogP contribution in [0.2, 0.25) is 5.02 Å². The number of nitrogens with zero attached hydrogens (tertiary/aromatic N) is 2. The maximum atomic E-state index is 14.3. The van der Waals surface area contributed by atoms with Crippen LogP contribution >= 0.6 is 11.6 Å². The van der Waals surface area contributed by atoms with E-state index in [1.54, 1.807) is 48.5 Å². The third kappa shape index (κ3) is 5.58. The van der Waals surface area contributed by atoms with Crippen molar-refractivity contribution in [1.82, 2.24) is 4.98 Å². The highest BCUT2D eigenvalue weighted by Gasteiger charge is 2.47. The van der Waals surface area contributed by atoms with E-state index in [4.69, 9.17) is 16.3 Å². The minimum atomic E-state index is -3.91. The number of anilines is 2. The summed E-state index contributed by atoms with van der Waals surface area (Å²) in [6.45, 7) is 4.06. The smallest absolute Gasteiger partial charge is 0.277 e. The van der Waals surface area contributed by atoms with E-state index in [0.717, 1.165) is 5.56 Å². The Morgan fingerprint density at radius 2 is 1.84 bits per heavy atom. The number of sulfone groups is 1. The Bertz CT molecular complexity index is 1840. The third-order valence-corrected chi connectivity index (χ3v) is 10.1. The number of aromatic nitrogens is 1. The molecular formula is C33H30ClN3O5S. The summed E-state index contributed by atoms with van der Waals surface area (Å²) >= 11 is 6.75. The predicted octanol–water partition coefficient (Wildman–Crippen LogP) is 6.89. The number of nitrogens with one attached hydrogen (secondary N) is 1. The molecule has 1 unspecified atom stereocenters. The van der Waals surface area contributed by atoms with Crippen molar-refractivity contribution < 1.29 is 23.1 Å². The van der Waals surface area contributed by atoms with Gasteiger partial charge in [-0.3, -0.25) is 14.7 Å². The zero-order chi connectivity index (χ0) is 30.4. The summed E-state index contributed by atoms with van der Waals surface area (Å²) in [6, 6.07) is 23.3. The van der Waals surface area contributed by atoms with E-state index >= 15 is 0 Å². The fraction of sp³-hybridized carbons (Fsp3) is 0.212. The number of rotatable bonds is 5. The van der Waals surface area contributed by atoms with Crippen LogP contribution in [0.4, 0.5) is 11.4 Å². The molecule has 0 bridgehead atoms. The standard InChI is InChI=1S/C33H30ClN3O5S/c1-33(2)18-25-31(43(40,41)20-33)30(22-14-15-28(23(34)17-22)42-19-21-9-4-3-5-10-21)37(32(39)24-11-6-7-16-35-24)26-12-8-13-27(38)29(26)36-25/h3-17,30,36,38H,18-20H2,1-2H3. The van der Waals surface area contributed by atoms with Gasteiger partial charge in [-0.1, -0.05) is 74.0 Å². The lowest BCUT2D eigenvalue weighted by atomic mass is 9.88. The Labute approximate surface area is 255 Å². The van der Waals surface area contributed by atoms with E-state index < -0.39 is 27.2 Å². The fourth-order valence-corrected chi connectivity index (χ4v) is 8.39. The molecule has 220 valence electrons. The van der Waals surface area contributed by atoms with Gasteiger partial charge in [0, 0.05) is 11.9 Å². The second-order valence-electron chi connectivity index (χ2n) is 11.5. The van der Waals surface area contributed by atoms with Gasteiger partial charge in [-0.05, 0) is 59.4 Å². The lowest BCUT2D eigenvalue weighted by Crippen LogP contribution is -2.41. The van der Waals surface area contributed by atoms with E-state index in [1.807, 2.05) is 44.2 Å². The lowest BCUT2D eigenvalue weighted by molar-refractivity contribution is 0.0976. The number of fused-ring (bicyclic) bond motifs is 1. The molecule has 3 aromatic carbocycles. The second kappa shape index (κ2) is 11.1. The monoisotopic (exact) mass is 615 g/mol. The Morgan fingerprint density at radius 3 is 2.56 bits per heavy atom. The molecule has 2 aliphatic rings. The molecule has 0 fully saturated rings. The summed E-state index contributed by atoms with van der Waals surface area (Å²) < 4.78 is 34.3. The number of carbonyl (C=O) groups excluding carboxylic acids is 1. The molecule has 0 spiro atoms.